The molecule has 5 nitrogen and oxygen atoms in total. The number of nitrogens with zero attached hydrogens (tertiary/aromatic N) is 2. The van der Waals surface area contributed by atoms with E-state index < -0.39 is 5.60 Å². The van der Waals surface area contributed by atoms with Crippen LogP contribution in [0.2, 0.25) is 0 Å². The Morgan fingerprint density at radius 3 is 2.39 bits per heavy atom. The summed E-state index contributed by atoms with van der Waals surface area (Å²) in [6.07, 6.45) is 1.37. The topological polar surface area (TPSA) is 49.9 Å². The Balaban J connectivity index is 2.59. The number of carbonyl (C=O) groups excluding carboxylic acids is 2. The Morgan fingerprint density at radius 1 is 1.28 bits per heavy atom. The predicted molar refractivity (Wildman–Crippen MR) is 69.2 cm³/mol. The molecule has 0 aromatic carbocycles. The molecule has 0 aromatic rings. The molecule has 1 atom stereocenters. The molecule has 0 N–H and O–H groups in total. The first-order chi connectivity index (χ1) is 8.20. The number of hydrogen-bond acceptors (Lipinski definition) is 3. The van der Waals surface area contributed by atoms with E-state index in [1.165, 1.54) is 0 Å². The minimum absolute atomic E-state index is 0.0864. The van der Waals surface area contributed by atoms with E-state index in [0.29, 0.717) is 13.1 Å². The molecule has 0 bridgehead atoms. The molecular weight excluding hydrogens is 232 g/mol. The van der Waals surface area contributed by atoms with E-state index in [2.05, 4.69) is 0 Å². The number of rotatable bonds is 1. The molecule has 0 unspecified atom stereocenters. The van der Waals surface area contributed by atoms with Crippen LogP contribution in [0.1, 0.15) is 33.6 Å². The van der Waals surface area contributed by atoms with E-state index in [4.69, 9.17) is 4.74 Å². The molecule has 0 radical (unpaired) electrons. The van der Waals surface area contributed by atoms with E-state index in [1.807, 2.05) is 20.8 Å². The van der Waals surface area contributed by atoms with Crippen molar-refractivity contribution in [3.63, 3.8) is 0 Å². The van der Waals surface area contributed by atoms with Gasteiger partial charge >= 0.3 is 6.09 Å². The maximum atomic E-state index is 11.9. The van der Waals surface area contributed by atoms with Crippen LogP contribution in [0.25, 0.3) is 0 Å². The number of ether oxygens (including phenoxy) is 1. The molecule has 1 aliphatic rings. The summed E-state index contributed by atoms with van der Waals surface area (Å²) < 4.78 is 5.33. The zero-order valence-corrected chi connectivity index (χ0v) is 12.0. The Kier molecular flexibility index (Phi) is 4.59. The molecule has 0 aliphatic carbocycles. The lowest BCUT2D eigenvalue weighted by molar-refractivity contribution is -0.134. The second-order valence-electron chi connectivity index (χ2n) is 6.00. The smallest absolute Gasteiger partial charge is 0.410 e. The summed E-state index contributed by atoms with van der Waals surface area (Å²) >= 11 is 0. The highest BCUT2D eigenvalue weighted by molar-refractivity contribution is 5.79. The molecule has 5 heteroatoms. The average molecular weight is 256 g/mol. The van der Waals surface area contributed by atoms with Gasteiger partial charge in [0, 0.05) is 27.2 Å². The zero-order valence-electron chi connectivity index (χ0n) is 12.0. The standard InChI is InChI=1S/C13H24N2O3/c1-13(2,3)18-12(17)15-8-6-7-10(9-15)11(16)14(4)5/h10H,6-9H2,1-5H3/t10-/m0/s1. The quantitative estimate of drug-likeness (QED) is 0.718. The van der Waals surface area contributed by atoms with Gasteiger partial charge in [0.2, 0.25) is 5.91 Å². The zero-order chi connectivity index (χ0) is 13.9. The van der Waals surface area contributed by atoms with Crippen molar-refractivity contribution in [2.45, 2.75) is 39.2 Å². The Morgan fingerprint density at radius 2 is 1.89 bits per heavy atom. The summed E-state index contributed by atoms with van der Waals surface area (Å²) in [5, 5.41) is 0. The van der Waals surface area contributed by atoms with E-state index in [9.17, 15) is 9.59 Å². The highest BCUT2D eigenvalue weighted by Gasteiger charge is 2.31. The van der Waals surface area contributed by atoms with Crippen molar-refractivity contribution < 1.29 is 14.3 Å². The summed E-state index contributed by atoms with van der Waals surface area (Å²) in [4.78, 5) is 27.1. The summed E-state index contributed by atoms with van der Waals surface area (Å²) in [6, 6.07) is 0. The van der Waals surface area contributed by atoms with Gasteiger partial charge in [0.15, 0.2) is 0 Å². The van der Waals surface area contributed by atoms with Crippen LogP contribution in [-0.2, 0) is 9.53 Å². The highest BCUT2D eigenvalue weighted by atomic mass is 16.6. The normalized spacial score (nSPS) is 20.5. The lowest BCUT2D eigenvalue weighted by Gasteiger charge is -2.34. The van der Waals surface area contributed by atoms with Crippen LogP contribution in [0.15, 0.2) is 0 Å². The number of piperidine rings is 1. The van der Waals surface area contributed by atoms with Crippen LogP contribution in [0.4, 0.5) is 4.79 Å². The summed E-state index contributed by atoms with van der Waals surface area (Å²) in [5.41, 5.74) is -0.490. The van der Waals surface area contributed by atoms with Gasteiger partial charge in [0.25, 0.3) is 0 Å². The SMILES string of the molecule is CN(C)C(=O)[C@H]1CCCN(C(=O)OC(C)(C)C)C1. The molecule has 0 saturated carbocycles. The van der Waals surface area contributed by atoms with Crippen LogP contribution in [0, 0.1) is 5.92 Å². The van der Waals surface area contributed by atoms with Crippen molar-refractivity contribution >= 4 is 12.0 Å². The molecule has 104 valence electrons. The molecular formula is C13H24N2O3. The first-order valence-electron chi connectivity index (χ1n) is 6.40. The third-order valence-electron chi connectivity index (χ3n) is 2.86. The Labute approximate surface area is 109 Å². The van der Waals surface area contributed by atoms with Gasteiger partial charge in [-0.25, -0.2) is 4.79 Å². The van der Waals surface area contributed by atoms with Gasteiger partial charge < -0.3 is 14.5 Å². The van der Waals surface area contributed by atoms with Crippen LogP contribution >= 0.6 is 0 Å². The van der Waals surface area contributed by atoms with E-state index in [1.54, 1.807) is 23.9 Å². The number of carbonyl (C=O) groups is 2. The van der Waals surface area contributed by atoms with Crippen molar-refractivity contribution in [3.8, 4) is 0 Å². The van der Waals surface area contributed by atoms with Crippen molar-refractivity contribution in [1.29, 1.82) is 0 Å². The molecule has 1 heterocycles. The summed E-state index contributed by atoms with van der Waals surface area (Å²) in [6.45, 7) is 6.67. The number of likely N-dealkylation sites (tertiary alicyclic amines) is 1. The van der Waals surface area contributed by atoms with Gasteiger partial charge in [-0.05, 0) is 33.6 Å². The van der Waals surface area contributed by atoms with E-state index in [-0.39, 0.29) is 17.9 Å². The van der Waals surface area contributed by atoms with Gasteiger partial charge in [-0.2, -0.15) is 0 Å². The Hall–Kier alpha value is -1.26. The average Bonchev–Trinajstić information content (AvgIpc) is 2.25. The van der Waals surface area contributed by atoms with E-state index in [0.717, 1.165) is 12.8 Å². The molecule has 1 fully saturated rings. The summed E-state index contributed by atoms with van der Waals surface area (Å²) in [5.74, 6) is -0.00970. The maximum Gasteiger partial charge on any atom is 0.410 e. The fourth-order valence-electron chi connectivity index (χ4n) is 2.04. The van der Waals surface area contributed by atoms with Crippen LogP contribution in [0.5, 0.6) is 0 Å². The molecule has 1 rings (SSSR count). The first-order valence-corrected chi connectivity index (χ1v) is 6.40. The fourth-order valence-corrected chi connectivity index (χ4v) is 2.04. The lowest BCUT2D eigenvalue weighted by Crippen LogP contribution is -2.46. The Bertz CT molecular complexity index is 321. The van der Waals surface area contributed by atoms with Gasteiger partial charge in [-0.3, -0.25) is 4.79 Å². The molecule has 0 spiro atoms. The molecule has 1 aliphatic heterocycles. The molecule has 2 amide bonds. The maximum absolute atomic E-state index is 11.9. The van der Waals surface area contributed by atoms with Crippen LogP contribution in [-0.4, -0.2) is 54.6 Å². The van der Waals surface area contributed by atoms with Crippen molar-refractivity contribution in [1.82, 2.24) is 9.80 Å². The third-order valence-corrected chi connectivity index (χ3v) is 2.86. The second kappa shape index (κ2) is 5.59. The van der Waals surface area contributed by atoms with Gasteiger partial charge in [-0.1, -0.05) is 0 Å². The van der Waals surface area contributed by atoms with Crippen LogP contribution < -0.4 is 0 Å². The minimum Gasteiger partial charge on any atom is -0.444 e. The monoisotopic (exact) mass is 256 g/mol. The minimum atomic E-state index is -0.490. The highest BCUT2D eigenvalue weighted by Crippen LogP contribution is 2.20. The molecule has 18 heavy (non-hydrogen) atoms. The van der Waals surface area contributed by atoms with Crippen molar-refractivity contribution in [3.05, 3.63) is 0 Å². The molecule has 0 aromatic heterocycles. The lowest BCUT2D eigenvalue weighted by atomic mass is 9.97. The second-order valence-corrected chi connectivity index (χ2v) is 6.00. The van der Waals surface area contributed by atoms with Gasteiger partial charge in [0.05, 0.1) is 5.92 Å². The number of amides is 2. The number of hydrogen-bond donors (Lipinski definition) is 0. The van der Waals surface area contributed by atoms with Crippen LogP contribution in [0.3, 0.4) is 0 Å². The molecule has 1 saturated heterocycles. The van der Waals surface area contributed by atoms with Crippen molar-refractivity contribution in [2.75, 3.05) is 27.2 Å². The van der Waals surface area contributed by atoms with Gasteiger partial charge in [-0.15, -0.1) is 0 Å². The largest absolute Gasteiger partial charge is 0.444 e. The summed E-state index contributed by atoms with van der Waals surface area (Å²) in [7, 11) is 3.49. The first kappa shape index (κ1) is 14.8. The fraction of sp³-hybridized carbons (Fsp3) is 0.846. The van der Waals surface area contributed by atoms with Crippen molar-refractivity contribution in [2.24, 2.45) is 5.92 Å². The van der Waals surface area contributed by atoms with Gasteiger partial charge in [0.1, 0.15) is 5.60 Å². The predicted octanol–water partition coefficient (Wildman–Crippen LogP) is 1.72. The third kappa shape index (κ3) is 4.20. The van der Waals surface area contributed by atoms with E-state index >= 15 is 0 Å².